The summed E-state index contributed by atoms with van der Waals surface area (Å²) in [6.45, 7) is 8.58. The van der Waals surface area contributed by atoms with Crippen molar-refractivity contribution >= 4 is 23.2 Å². The Morgan fingerprint density at radius 1 is 1.00 bits per heavy atom. The largest absolute Gasteiger partial charge is 0.372 e. The molecule has 1 aliphatic heterocycles. The van der Waals surface area contributed by atoms with E-state index in [2.05, 4.69) is 27.7 Å². The van der Waals surface area contributed by atoms with Gasteiger partial charge in [-0.3, -0.25) is 9.59 Å². The van der Waals surface area contributed by atoms with Gasteiger partial charge in [-0.25, -0.2) is 0 Å². The fourth-order valence-corrected chi connectivity index (χ4v) is 3.19. The van der Waals surface area contributed by atoms with Crippen molar-refractivity contribution in [1.29, 1.82) is 0 Å². The van der Waals surface area contributed by atoms with E-state index in [0.717, 1.165) is 23.7 Å². The maximum absolute atomic E-state index is 12.2. The van der Waals surface area contributed by atoms with E-state index in [1.54, 1.807) is 0 Å². The number of amides is 2. The molecule has 1 unspecified atom stereocenters. The molecule has 1 atom stereocenters. The zero-order valence-corrected chi connectivity index (χ0v) is 16.5. The Labute approximate surface area is 156 Å². The van der Waals surface area contributed by atoms with E-state index in [9.17, 15) is 9.59 Å². The summed E-state index contributed by atoms with van der Waals surface area (Å²) in [5, 5.41) is 5.83. The average molecular weight is 362 g/mol. The van der Waals surface area contributed by atoms with Gasteiger partial charge in [-0.1, -0.05) is 0 Å². The van der Waals surface area contributed by atoms with E-state index in [1.807, 2.05) is 40.0 Å². The summed E-state index contributed by atoms with van der Waals surface area (Å²) >= 11 is 0. The Bertz CT molecular complexity index is 601. The van der Waals surface area contributed by atoms with E-state index in [1.165, 1.54) is 24.9 Å². The third kappa shape index (κ3) is 7.04. The van der Waals surface area contributed by atoms with Crippen molar-refractivity contribution in [3.05, 3.63) is 24.3 Å². The van der Waals surface area contributed by atoms with Crippen LogP contribution in [0, 0.1) is 0 Å². The monoisotopic (exact) mass is 361 g/mol. The Morgan fingerprint density at radius 2 is 1.58 bits per heavy atom. The van der Waals surface area contributed by atoms with Crippen LogP contribution >= 0.6 is 0 Å². The second kappa shape index (κ2) is 9.03. The number of piperidine rings is 1. The quantitative estimate of drug-likeness (QED) is 0.709. The van der Waals surface area contributed by atoms with Crippen molar-refractivity contribution in [1.82, 2.24) is 5.32 Å². The molecule has 0 aromatic heterocycles. The predicted octanol–water partition coefficient (Wildman–Crippen LogP) is 1.04. The van der Waals surface area contributed by atoms with Crippen LogP contribution in [-0.4, -0.2) is 50.6 Å². The summed E-state index contributed by atoms with van der Waals surface area (Å²) in [7, 11) is 1.85. The minimum absolute atomic E-state index is 0.0475. The highest BCUT2D eigenvalue weighted by atomic mass is 16.2. The van der Waals surface area contributed by atoms with Crippen LogP contribution in [0.5, 0.6) is 0 Å². The minimum atomic E-state index is -0.254. The van der Waals surface area contributed by atoms with Crippen LogP contribution in [0.25, 0.3) is 0 Å². The lowest BCUT2D eigenvalue weighted by Gasteiger charge is -2.28. The summed E-state index contributed by atoms with van der Waals surface area (Å²) < 4.78 is 0. The van der Waals surface area contributed by atoms with E-state index in [4.69, 9.17) is 0 Å². The van der Waals surface area contributed by atoms with Crippen LogP contribution in [0.3, 0.4) is 0 Å². The number of likely N-dealkylation sites (N-methyl/N-ethyl adjacent to an activating group) is 1. The van der Waals surface area contributed by atoms with Gasteiger partial charge < -0.3 is 20.4 Å². The second-order valence-corrected chi connectivity index (χ2v) is 8.25. The van der Waals surface area contributed by atoms with Crippen LogP contribution in [0.1, 0.15) is 40.0 Å². The molecular weight excluding hydrogens is 328 g/mol. The minimum Gasteiger partial charge on any atom is -0.372 e. The number of carbonyl (C=O) groups excluding carboxylic acids is 2. The second-order valence-electron chi connectivity index (χ2n) is 8.25. The van der Waals surface area contributed by atoms with Crippen LogP contribution in [-0.2, 0) is 9.59 Å². The summed E-state index contributed by atoms with van der Waals surface area (Å²) in [6, 6.07) is 8.02. The van der Waals surface area contributed by atoms with Crippen LogP contribution < -0.4 is 20.4 Å². The molecule has 0 saturated carbocycles. The van der Waals surface area contributed by atoms with E-state index < -0.39 is 0 Å². The van der Waals surface area contributed by atoms with Gasteiger partial charge in [-0.2, -0.15) is 0 Å². The lowest BCUT2D eigenvalue weighted by Crippen LogP contribution is -3.11. The molecule has 3 N–H and O–H groups in total. The number of nitrogens with one attached hydrogen (secondary N) is 3. The summed E-state index contributed by atoms with van der Waals surface area (Å²) in [6.07, 6.45) is 3.81. The summed E-state index contributed by atoms with van der Waals surface area (Å²) in [5.74, 6) is -0.134. The van der Waals surface area contributed by atoms with Crippen molar-refractivity contribution in [2.45, 2.75) is 45.6 Å². The highest BCUT2D eigenvalue weighted by Gasteiger charge is 2.19. The zero-order chi connectivity index (χ0) is 19.2. The molecule has 1 saturated heterocycles. The first-order valence-corrected chi connectivity index (χ1v) is 9.50. The molecule has 1 aromatic rings. The van der Waals surface area contributed by atoms with Crippen LogP contribution in [0.4, 0.5) is 11.4 Å². The van der Waals surface area contributed by atoms with Crippen LogP contribution in [0.2, 0.25) is 0 Å². The molecule has 1 heterocycles. The number of quaternary nitrogens is 1. The molecule has 1 aliphatic rings. The van der Waals surface area contributed by atoms with Gasteiger partial charge in [0.1, 0.15) is 0 Å². The summed E-state index contributed by atoms with van der Waals surface area (Å²) in [4.78, 5) is 27.4. The molecule has 26 heavy (non-hydrogen) atoms. The third-order valence-corrected chi connectivity index (χ3v) is 4.31. The average Bonchev–Trinajstić information content (AvgIpc) is 2.54. The van der Waals surface area contributed by atoms with Gasteiger partial charge in [0.2, 0.25) is 0 Å². The normalized spacial score (nSPS) is 16.1. The molecule has 1 aromatic carbocycles. The first-order chi connectivity index (χ1) is 12.2. The van der Waals surface area contributed by atoms with Crippen molar-refractivity contribution in [2.75, 3.05) is 43.4 Å². The molecule has 1 fully saturated rings. The molecule has 6 nitrogen and oxygen atoms in total. The van der Waals surface area contributed by atoms with E-state index in [-0.39, 0.29) is 30.4 Å². The molecule has 2 rings (SSSR count). The van der Waals surface area contributed by atoms with Crippen molar-refractivity contribution in [3.63, 3.8) is 0 Å². The number of nitrogens with zero attached hydrogens (tertiary/aromatic N) is 1. The van der Waals surface area contributed by atoms with E-state index >= 15 is 0 Å². The molecule has 0 spiro atoms. The van der Waals surface area contributed by atoms with Gasteiger partial charge in [0.15, 0.2) is 13.1 Å². The number of carbonyl (C=O) groups is 2. The molecule has 0 aliphatic carbocycles. The van der Waals surface area contributed by atoms with Gasteiger partial charge in [-0.05, 0) is 64.3 Å². The van der Waals surface area contributed by atoms with Crippen molar-refractivity contribution in [3.8, 4) is 0 Å². The van der Waals surface area contributed by atoms with Crippen molar-refractivity contribution < 1.29 is 14.5 Å². The zero-order valence-electron chi connectivity index (χ0n) is 16.5. The fraction of sp³-hybridized carbons (Fsp3) is 0.600. The van der Waals surface area contributed by atoms with E-state index in [0.29, 0.717) is 0 Å². The smallest absolute Gasteiger partial charge is 0.279 e. The number of benzene rings is 1. The third-order valence-electron chi connectivity index (χ3n) is 4.31. The number of anilines is 2. The van der Waals surface area contributed by atoms with Crippen LogP contribution in [0.15, 0.2) is 24.3 Å². The first-order valence-electron chi connectivity index (χ1n) is 9.50. The topological polar surface area (TPSA) is 65.9 Å². The SMILES string of the molecule is C[NH+](CC(=O)Nc1ccc(N2CCCCC2)cc1)CC(=O)NC(C)(C)C. The fourth-order valence-electron chi connectivity index (χ4n) is 3.19. The number of hydrogen-bond acceptors (Lipinski definition) is 3. The van der Waals surface area contributed by atoms with Gasteiger partial charge in [0.05, 0.1) is 7.05 Å². The summed E-state index contributed by atoms with van der Waals surface area (Å²) in [5.41, 5.74) is 1.75. The number of rotatable bonds is 6. The predicted molar refractivity (Wildman–Crippen MR) is 106 cm³/mol. The molecule has 6 heteroatoms. The Hall–Kier alpha value is -2.08. The molecule has 0 bridgehead atoms. The van der Waals surface area contributed by atoms with Gasteiger partial charge in [-0.15, -0.1) is 0 Å². The maximum Gasteiger partial charge on any atom is 0.279 e. The Morgan fingerprint density at radius 3 is 2.15 bits per heavy atom. The lowest BCUT2D eigenvalue weighted by atomic mass is 10.1. The maximum atomic E-state index is 12.2. The van der Waals surface area contributed by atoms with Gasteiger partial charge in [0, 0.05) is 30.0 Å². The first kappa shape index (κ1) is 20.2. The Balaban J connectivity index is 1.79. The van der Waals surface area contributed by atoms with Crippen molar-refractivity contribution in [2.24, 2.45) is 0 Å². The highest BCUT2D eigenvalue weighted by molar-refractivity contribution is 5.91. The van der Waals surface area contributed by atoms with Gasteiger partial charge >= 0.3 is 0 Å². The lowest BCUT2D eigenvalue weighted by molar-refractivity contribution is -0.862. The molecular formula is C20H33N4O2+. The molecule has 0 radical (unpaired) electrons. The molecule has 144 valence electrons. The van der Waals surface area contributed by atoms with Gasteiger partial charge in [0.25, 0.3) is 11.8 Å². The Kier molecular flexibility index (Phi) is 7.03. The highest BCUT2D eigenvalue weighted by Crippen LogP contribution is 2.21. The molecule has 2 amide bonds. The number of hydrogen-bond donors (Lipinski definition) is 3. The standard InChI is InChI=1S/C20H32N4O2/c1-20(2,3)22-19(26)15-23(4)14-18(25)21-16-8-10-17(11-9-16)24-12-6-5-7-13-24/h8-11H,5-7,12-15H2,1-4H3,(H,21,25)(H,22,26)/p+1.